The van der Waals surface area contributed by atoms with Crippen molar-refractivity contribution < 1.29 is 90.6 Å². The maximum absolute atomic E-state index is 13.4. The van der Waals surface area contributed by atoms with Crippen LogP contribution in [0.15, 0.2) is 86.0 Å². The minimum atomic E-state index is -3.82. The lowest BCUT2D eigenvalue weighted by Gasteiger charge is -2.22. The molecule has 0 bridgehead atoms. The van der Waals surface area contributed by atoms with Gasteiger partial charge in [0.15, 0.2) is 41.2 Å². The summed E-state index contributed by atoms with van der Waals surface area (Å²) in [6.45, 7) is 13.5. The zero-order chi connectivity index (χ0) is 58.8. The molecule has 0 fully saturated rings. The number of carboxylic acid groups (broad SMARTS) is 3. The van der Waals surface area contributed by atoms with E-state index in [-0.39, 0.29) is 24.3 Å². The Morgan fingerprint density at radius 2 is 0.937 bits per heavy atom. The second-order valence-corrected chi connectivity index (χ2v) is 23.1. The fourth-order valence-corrected chi connectivity index (χ4v) is 8.64. The van der Waals surface area contributed by atoms with E-state index in [1.165, 1.54) is 12.7 Å². The predicted molar refractivity (Wildman–Crippen MR) is 280 cm³/mol. The van der Waals surface area contributed by atoms with Gasteiger partial charge < -0.3 is 69.0 Å². The predicted octanol–water partition coefficient (Wildman–Crippen LogP) is 5.96. The van der Waals surface area contributed by atoms with Gasteiger partial charge in [-0.2, -0.15) is 0 Å². The number of aliphatic hydroxyl groups is 1. The molecule has 2 aromatic carbocycles. The zero-order valence-electron chi connectivity index (χ0n) is 44.4. The molecular formula is C48H64N10O19P2. The number of rotatable bonds is 25. The molecule has 0 aliphatic carbocycles. The van der Waals surface area contributed by atoms with Crippen LogP contribution >= 0.6 is 15.2 Å². The van der Waals surface area contributed by atoms with E-state index in [4.69, 9.17) is 68.9 Å². The molecule has 0 saturated carbocycles. The maximum atomic E-state index is 13.4. The van der Waals surface area contributed by atoms with E-state index in [0.29, 0.717) is 46.9 Å². The number of carbonyl (C=O) groups is 5. The van der Waals surface area contributed by atoms with Crippen LogP contribution in [0.2, 0.25) is 0 Å². The molecule has 430 valence electrons. The van der Waals surface area contributed by atoms with Crippen molar-refractivity contribution in [2.24, 2.45) is 10.8 Å². The molecule has 4 atom stereocenters. The largest absolute Gasteiger partial charge is 0.481 e. The van der Waals surface area contributed by atoms with E-state index < -0.39 is 100 Å². The fourth-order valence-electron chi connectivity index (χ4n) is 6.09. The second-order valence-electron chi connectivity index (χ2n) is 19.2. The zero-order valence-corrected chi connectivity index (χ0v) is 46.2. The molecule has 0 spiro atoms. The van der Waals surface area contributed by atoms with Gasteiger partial charge >= 0.3 is 45.0 Å². The van der Waals surface area contributed by atoms with Gasteiger partial charge in [0.2, 0.25) is 13.6 Å². The summed E-state index contributed by atoms with van der Waals surface area (Å²) in [6, 6.07) is 17.1. The van der Waals surface area contributed by atoms with Gasteiger partial charge in [0, 0.05) is 0 Å². The Kier molecular flexibility index (Phi) is 22.9. The van der Waals surface area contributed by atoms with Gasteiger partial charge in [-0.25, -0.2) is 43.8 Å². The Morgan fingerprint density at radius 3 is 1.25 bits per heavy atom. The van der Waals surface area contributed by atoms with Gasteiger partial charge in [0.1, 0.15) is 35.2 Å². The van der Waals surface area contributed by atoms with Crippen molar-refractivity contribution in [3.63, 3.8) is 0 Å². The summed E-state index contributed by atoms with van der Waals surface area (Å²) in [5.74, 6) is -4.75. The summed E-state index contributed by atoms with van der Waals surface area (Å²) < 4.78 is 73.9. The first-order valence-corrected chi connectivity index (χ1v) is 27.1. The summed E-state index contributed by atoms with van der Waals surface area (Å²) in [6.07, 6.45) is 2.05. The van der Waals surface area contributed by atoms with Gasteiger partial charge in [-0.15, -0.1) is 0 Å². The van der Waals surface area contributed by atoms with Crippen LogP contribution in [0.5, 0.6) is 11.5 Å². The van der Waals surface area contributed by atoms with E-state index in [1.807, 2.05) is 0 Å². The number of carbonyl (C=O) groups excluding carboxylic acids is 2. The number of anilines is 2. The number of nitrogens with two attached hydrogens (primary N) is 2. The first-order chi connectivity index (χ1) is 36.9. The smallest absolute Gasteiger partial charge is 0.407 e. The van der Waals surface area contributed by atoms with Crippen molar-refractivity contribution in [1.82, 2.24) is 39.0 Å². The number of imidazole rings is 2. The van der Waals surface area contributed by atoms with Crippen LogP contribution in [0.25, 0.3) is 22.3 Å². The number of aliphatic carboxylic acids is 3. The third kappa shape index (κ3) is 20.6. The molecule has 29 nitrogen and oxygen atoms in total. The molecule has 0 aliphatic heterocycles. The molecule has 31 heteroatoms. The molecule has 4 aromatic heterocycles. The van der Waals surface area contributed by atoms with Crippen molar-refractivity contribution in [3.05, 3.63) is 86.0 Å². The second kappa shape index (κ2) is 28.3. The topological polar surface area (TPSA) is 413 Å². The van der Waals surface area contributed by atoms with Crippen molar-refractivity contribution in [2.45, 2.75) is 99.1 Å². The Balaban J connectivity index is 0.000000279. The summed E-state index contributed by atoms with van der Waals surface area (Å²) >= 11 is 0. The number of benzene rings is 2. The van der Waals surface area contributed by atoms with E-state index in [9.17, 15) is 33.1 Å². The SMILES string of the molecule is CC(Cn1cnc2c(N)ncnc21)OCP(=O)(OCOC(=O)C(C)(C)C)Oc1ccccc1.CC(Cn1cnc2c(N)ncnc21)OCP(=O)(OCOC(=O)C(C)(C)C)Oc1ccccc1.O=C(O)CC(O)(CC(=O)O)C(=O)O. The number of hydrogen-bond acceptors (Lipinski definition) is 24. The molecule has 4 unspecified atom stereocenters. The molecule has 6 rings (SSSR count). The van der Waals surface area contributed by atoms with Crippen molar-refractivity contribution in [3.8, 4) is 11.5 Å². The lowest BCUT2D eigenvalue weighted by molar-refractivity contribution is -0.170. The Bertz CT molecular complexity index is 2900. The van der Waals surface area contributed by atoms with Crippen LogP contribution in [-0.4, -0.2) is 133 Å². The highest BCUT2D eigenvalue weighted by Gasteiger charge is 2.41. The van der Waals surface area contributed by atoms with Crippen LogP contribution in [0.3, 0.4) is 0 Å². The highest BCUT2D eigenvalue weighted by molar-refractivity contribution is 7.54. The number of hydrogen-bond donors (Lipinski definition) is 6. The maximum Gasteiger partial charge on any atom is 0.407 e. The van der Waals surface area contributed by atoms with Crippen LogP contribution in [0, 0.1) is 10.8 Å². The summed E-state index contributed by atoms with van der Waals surface area (Å²) in [5.41, 5.74) is 9.56. The Hall–Kier alpha value is -7.65. The Labute approximate surface area is 452 Å². The average molecular weight is 1150 g/mol. The molecule has 0 saturated heterocycles. The van der Waals surface area contributed by atoms with E-state index in [1.54, 1.807) is 138 Å². The highest BCUT2D eigenvalue weighted by Crippen LogP contribution is 2.50. The molecule has 4 heterocycles. The first kappa shape index (κ1) is 63.9. The minimum absolute atomic E-state index is 0.284. The number of nitrogen functional groups attached to an aromatic ring is 2. The summed E-state index contributed by atoms with van der Waals surface area (Å²) in [7, 11) is -7.64. The van der Waals surface area contributed by atoms with E-state index in [2.05, 4.69) is 29.9 Å². The third-order valence-electron chi connectivity index (χ3n) is 10.2. The highest BCUT2D eigenvalue weighted by atomic mass is 31.2. The number of esters is 2. The lowest BCUT2D eigenvalue weighted by atomic mass is 9.96. The standard InChI is InChI=1S/2C21H28N5O6P.C6H8O7/c2*1-15(10-26-12-25-17-18(22)23-11-24-19(17)26)30-14-33(28,32-16-8-6-5-7-9-16)31-13-29-20(27)21(2,3)4;7-3(8)1-6(13,5(11)12)2-4(9)10/h2*5-9,11-12,15H,10,13-14H2,1-4H3,(H2,22,23,24);13H,1-2H2,(H,7,8)(H,9,10)(H,11,12). The van der Waals surface area contributed by atoms with Gasteiger partial charge in [-0.05, 0) is 79.7 Å². The van der Waals surface area contributed by atoms with Gasteiger partial charge in [-0.3, -0.25) is 28.2 Å². The number of para-hydroxylation sites is 2. The van der Waals surface area contributed by atoms with Crippen molar-refractivity contribution in [2.75, 3.05) is 37.7 Å². The molecule has 8 N–H and O–H groups in total. The molecule has 0 amide bonds. The monoisotopic (exact) mass is 1150 g/mol. The summed E-state index contributed by atoms with van der Waals surface area (Å²) in [5, 5.41) is 33.8. The number of ether oxygens (including phenoxy) is 4. The van der Waals surface area contributed by atoms with Crippen LogP contribution in [0.1, 0.15) is 68.2 Å². The van der Waals surface area contributed by atoms with Crippen LogP contribution in [-0.2, 0) is 74.2 Å². The van der Waals surface area contributed by atoms with Gasteiger partial charge in [0.25, 0.3) is 0 Å². The third-order valence-corrected chi connectivity index (χ3v) is 13.1. The average Bonchev–Trinajstić information content (AvgIpc) is 3.99. The number of carboxylic acids is 3. The number of fused-ring (bicyclic) bond motifs is 2. The van der Waals surface area contributed by atoms with E-state index in [0.717, 1.165) is 0 Å². The van der Waals surface area contributed by atoms with Crippen molar-refractivity contribution in [1.29, 1.82) is 0 Å². The number of nitrogens with zero attached hydrogens (tertiary/aromatic N) is 8. The lowest BCUT2D eigenvalue weighted by Crippen LogP contribution is -2.42. The minimum Gasteiger partial charge on any atom is -0.481 e. The molecule has 0 aliphatic rings. The first-order valence-electron chi connectivity index (χ1n) is 23.7. The molecule has 79 heavy (non-hydrogen) atoms. The van der Waals surface area contributed by atoms with Crippen LogP contribution in [0.4, 0.5) is 11.6 Å². The quantitative estimate of drug-likeness (QED) is 0.0218. The normalized spacial score (nSPS) is 13.9. The molecular weight excluding hydrogens is 1080 g/mol. The Morgan fingerprint density at radius 1 is 0.582 bits per heavy atom. The van der Waals surface area contributed by atoms with Crippen molar-refractivity contribution >= 4 is 79.0 Å². The van der Waals surface area contributed by atoms with Crippen LogP contribution < -0.4 is 20.5 Å². The fraction of sp³-hybridized carbons (Fsp3) is 0.438. The van der Waals surface area contributed by atoms with Gasteiger partial charge in [-0.1, -0.05) is 36.4 Å². The van der Waals surface area contributed by atoms with E-state index >= 15 is 0 Å². The van der Waals surface area contributed by atoms with Gasteiger partial charge in [0.05, 0.1) is 61.6 Å². The number of aromatic nitrogens is 8. The molecule has 0 radical (unpaired) electrons. The summed E-state index contributed by atoms with van der Waals surface area (Å²) in [4.78, 5) is 79.1. The molecule has 6 aromatic rings.